The van der Waals surface area contributed by atoms with E-state index in [1.165, 1.54) is 11.7 Å². The van der Waals surface area contributed by atoms with Gasteiger partial charge in [-0.15, -0.1) is 5.10 Å². The van der Waals surface area contributed by atoms with Crippen molar-refractivity contribution in [2.24, 2.45) is 14.1 Å². The van der Waals surface area contributed by atoms with Crippen LogP contribution in [0.1, 0.15) is 0 Å². The van der Waals surface area contributed by atoms with E-state index in [1.54, 1.807) is 7.05 Å². The topological polar surface area (TPSA) is 75.4 Å². The van der Waals surface area contributed by atoms with Crippen molar-refractivity contribution in [2.45, 2.75) is 6.04 Å². The van der Waals surface area contributed by atoms with Crippen LogP contribution in [0.15, 0.2) is 9.59 Å². The lowest BCUT2D eigenvalue weighted by Crippen LogP contribution is -2.62. The molecule has 0 atom stereocenters. The molecule has 0 saturated carbocycles. The third kappa shape index (κ3) is 2.14. The number of hydrogen-bond acceptors (Lipinski definition) is 6. The second-order valence-electron chi connectivity index (χ2n) is 5.43. The Balaban J connectivity index is 1.78. The minimum Gasteiger partial charge on any atom is -0.348 e. The van der Waals surface area contributed by atoms with Crippen LogP contribution in [0, 0.1) is 0 Å². The molecule has 0 amide bonds. The predicted molar refractivity (Wildman–Crippen MR) is 75.2 cm³/mol. The maximum atomic E-state index is 12.1. The second kappa shape index (κ2) is 5.02. The number of piperazine rings is 1. The molecule has 0 aromatic carbocycles. The van der Waals surface area contributed by atoms with Crippen LogP contribution in [0.5, 0.6) is 0 Å². The van der Waals surface area contributed by atoms with Gasteiger partial charge < -0.3 is 10.2 Å². The molecule has 8 heteroatoms. The largest absolute Gasteiger partial charge is 0.348 e. The Hall–Kier alpha value is -1.67. The second-order valence-corrected chi connectivity index (χ2v) is 5.43. The van der Waals surface area contributed by atoms with Gasteiger partial charge in [-0.3, -0.25) is 14.3 Å². The van der Waals surface area contributed by atoms with Crippen molar-refractivity contribution in [3.63, 3.8) is 0 Å². The number of anilines is 1. The monoisotopic (exact) mass is 280 g/mol. The van der Waals surface area contributed by atoms with Crippen molar-refractivity contribution in [3.05, 3.63) is 20.8 Å². The Morgan fingerprint density at radius 2 is 1.75 bits per heavy atom. The van der Waals surface area contributed by atoms with Gasteiger partial charge in [0, 0.05) is 59.4 Å². The van der Waals surface area contributed by atoms with E-state index in [4.69, 9.17) is 0 Å². The smallest absolute Gasteiger partial charge is 0.346 e. The van der Waals surface area contributed by atoms with Gasteiger partial charge >= 0.3 is 5.69 Å². The van der Waals surface area contributed by atoms with Crippen LogP contribution in [0.4, 0.5) is 5.82 Å². The zero-order valence-electron chi connectivity index (χ0n) is 11.9. The first-order valence-corrected chi connectivity index (χ1v) is 6.92. The quantitative estimate of drug-likeness (QED) is 0.649. The van der Waals surface area contributed by atoms with E-state index in [2.05, 4.69) is 15.3 Å². The lowest BCUT2D eigenvalue weighted by atomic mass is 10.1. The van der Waals surface area contributed by atoms with Crippen LogP contribution >= 0.6 is 0 Å². The molecule has 0 bridgehead atoms. The van der Waals surface area contributed by atoms with Gasteiger partial charge in [-0.2, -0.15) is 0 Å². The van der Waals surface area contributed by atoms with Crippen molar-refractivity contribution in [1.82, 2.24) is 24.6 Å². The fourth-order valence-electron chi connectivity index (χ4n) is 2.71. The fourth-order valence-corrected chi connectivity index (χ4v) is 2.71. The highest BCUT2D eigenvalue weighted by atomic mass is 16.2. The first-order chi connectivity index (χ1) is 9.58. The molecular weight excluding hydrogens is 260 g/mol. The van der Waals surface area contributed by atoms with Crippen molar-refractivity contribution < 1.29 is 0 Å². The molecule has 1 N–H and O–H groups in total. The van der Waals surface area contributed by atoms with Gasteiger partial charge in [0.1, 0.15) is 0 Å². The van der Waals surface area contributed by atoms with Crippen LogP contribution in [0.2, 0.25) is 0 Å². The molecule has 20 heavy (non-hydrogen) atoms. The van der Waals surface area contributed by atoms with Gasteiger partial charge in [-0.25, -0.2) is 9.48 Å². The maximum Gasteiger partial charge on any atom is 0.346 e. The van der Waals surface area contributed by atoms with E-state index in [9.17, 15) is 9.59 Å². The van der Waals surface area contributed by atoms with Crippen molar-refractivity contribution in [2.75, 3.05) is 44.2 Å². The van der Waals surface area contributed by atoms with Gasteiger partial charge in [0.05, 0.1) is 0 Å². The molecule has 2 aliphatic rings. The fraction of sp³-hybridized carbons (Fsp3) is 0.750. The first kappa shape index (κ1) is 13.3. The van der Waals surface area contributed by atoms with Crippen molar-refractivity contribution in [1.29, 1.82) is 0 Å². The minimum absolute atomic E-state index is 0.313. The highest BCUT2D eigenvalue weighted by Crippen LogP contribution is 2.12. The average Bonchev–Trinajstić information content (AvgIpc) is 2.40. The van der Waals surface area contributed by atoms with E-state index in [1.807, 2.05) is 4.90 Å². The SMILES string of the molecule is Cn1nc(N2CCN(C3CNC3)CC2)c(=O)n(C)c1=O. The third-order valence-corrected chi connectivity index (χ3v) is 4.19. The van der Waals surface area contributed by atoms with E-state index in [0.29, 0.717) is 11.9 Å². The minimum atomic E-state index is -0.391. The third-order valence-electron chi connectivity index (χ3n) is 4.19. The van der Waals surface area contributed by atoms with Gasteiger partial charge in [-0.05, 0) is 0 Å². The summed E-state index contributed by atoms with van der Waals surface area (Å²) in [5.41, 5.74) is -0.704. The Morgan fingerprint density at radius 1 is 1.10 bits per heavy atom. The summed E-state index contributed by atoms with van der Waals surface area (Å²) in [6.07, 6.45) is 0. The van der Waals surface area contributed by atoms with Crippen LogP contribution in [0.3, 0.4) is 0 Å². The summed E-state index contributed by atoms with van der Waals surface area (Å²) >= 11 is 0. The normalized spacial score (nSPS) is 21.0. The number of rotatable bonds is 2. The molecule has 0 spiro atoms. The van der Waals surface area contributed by atoms with Crippen LogP contribution in [-0.4, -0.2) is 64.6 Å². The number of nitrogens with one attached hydrogen (secondary N) is 1. The summed E-state index contributed by atoms with van der Waals surface area (Å²) in [6.45, 7) is 5.52. The molecule has 2 saturated heterocycles. The van der Waals surface area contributed by atoms with E-state index in [0.717, 1.165) is 43.8 Å². The molecule has 0 radical (unpaired) electrons. The lowest BCUT2D eigenvalue weighted by Gasteiger charge is -2.43. The highest BCUT2D eigenvalue weighted by Gasteiger charge is 2.29. The summed E-state index contributed by atoms with van der Waals surface area (Å²) < 4.78 is 2.34. The summed E-state index contributed by atoms with van der Waals surface area (Å²) in [5, 5.41) is 7.40. The van der Waals surface area contributed by atoms with Gasteiger partial charge in [0.15, 0.2) is 0 Å². The van der Waals surface area contributed by atoms with Crippen LogP contribution in [0.25, 0.3) is 0 Å². The van der Waals surface area contributed by atoms with Crippen molar-refractivity contribution in [3.8, 4) is 0 Å². The Bertz CT molecular complexity index is 609. The highest BCUT2D eigenvalue weighted by molar-refractivity contribution is 5.35. The zero-order chi connectivity index (χ0) is 14.3. The summed E-state index contributed by atoms with van der Waals surface area (Å²) in [6, 6.07) is 0.632. The molecule has 1 aromatic heterocycles. The molecule has 0 aliphatic carbocycles. The van der Waals surface area contributed by atoms with E-state index in [-0.39, 0.29) is 5.56 Å². The molecular formula is C12H20N6O2. The molecule has 3 rings (SSSR count). The first-order valence-electron chi connectivity index (χ1n) is 6.92. The molecule has 2 aliphatic heterocycles. The van der Waals surface area contributed by atoms with E-state index < -0.39 is 5.69 Å². The van der Waals surface area contributed by atoms with Gasteiger partial charge in [-0.1, -0.05) is 0 Å². The van der Waals surface area contributed by atoms with Gasteiger partial charge in [0.25, 0.3) is 5.56 Å². The van der Waals surface area contributed by atoms with Gasteiger partial charge in [0.2, 0.25) is 5.82 Å². The number of aryl methyl sites for hydroxylation is 1. The number of aromatic nitrogens is 3. The summed E-state index contributed by atoms with van der Waals surface area (Å²) in [5.74, 6) is 0.376. The Labute approximate surface area is 116 Å². The molecule has 0 unspecified atom stereocenters. The van der Waals surface area contributed by atoms with E-state index >= 15 is 0 Å². The number of nitrogens with zero attached hydrogens (tertiary/aromatic N) is 5. The molecule has 2 fully saturated rings. The summed E-state index contributed by atoms with van der Waals surface area (Å²) in [4.78, 5) is 28.2. The standard InChI is InChI=1S/C12H20N6O2/c1-15-11(19)10(14-16(2)12(15)20)18-5-3-17(4-6-18)9-7-13-8-9/h9,13H,3-8H2,1-2H3. The lowest BCUT2D eigenvalue weighted by molar-refractivity contribution is 0.137. The molecule has 3 heterocycles. The predicted octanol–water partition coefficient (Wildman–Crippen LogP) is -2.43. The molecule has 110 valence electrons. The Morgan fingerprint density at radius 3 is 2.30 bits per heavy atom. The molecule has 1 aromatic rings. The Kier molecular flexibility index (Phi) is 3.35. The maximum absolute atomic E-state index is 12.1. The van der Waals surface area contributed by atoms with Crippen LogP contribution < -0.4 is 21.5 Å². The van der Waals surface area contributed by atoms with Crippen LogP contribution in [-0.2, 0) is 14.1 Å². The zero-order valence-corrected chi connectivity index (χ0v) is 11.9. The van der Waals surface area contributed by atoms with Crippen molar-refractivity contribution >= 4 is 5.82 Å². The average molecular weight is 280 g/mol. The summed E-state index contributed by atoms with van der Waals surface area (Å²) in [7, 11) is 3.06. The number of hydrogen-bond donors (Lipinski definition) is 1. The molecule has 8 nitrogen and oxygen atoms in total.